The average molecular weight is 478 g/mol. The molecule has 0 aliphatic heterocycles. The maximum Gasteiger partial charge on any atom is 0.254 e. The molecule has 0 fully saturated rings. The summed E-state index contributed by atoms with van der Waals surface area (Å²) < 4.78 is 23.9. The van der Waals surface area contributed by atoms with Gasteiger partial charge in [-0.2, -0.15) is 0 Å². The highest BCUT2D eigenvalue weighted by atomic mass is 79.9. The van der Waals surface area contributed by atoms with Gasteiger partial charge in [-0.3, -0.25) is 4.79 Å². The molecule has 9 heteroatoms. The summed E-state index contributed by atoms with van der Waals surface area (Å²) in [7, 11) is -3.79. The summed E-state index contributed by atoms with van der Waals surface area (Å²) in [5.41, 5.74) is 1.07. The van der Waals surface area contributed by atoms with E-state index in [-0.39, 0.29) is 17.3 Å². The van der Waals surface area contributed by atoms with Crippen molar-refractivity contribution in [3.63, 3.8) is 0 Å². The van der Waals surface area contributed by atoms with Crippen LogP contribution in [0.4, 0.5) is 0 Å². The Morgan fingerprint density at radius 2 is 1.86 bits per heavy atom. The van der Waals surface area contributed by atoms with Crippen LogP contribution in [-0.4, -0.2) is 19.3 Å². The first-order valence-electron chi connectivity index (χ1n) is 8.11. The SMILES string of the molecule is NS(=O)(=O)c1cccc(CNC(=O)c2cccnc2Sc2ccc(Br)cc2)c1. The van der Waals surface area contributed by atoms with E-state index in [1.54, 1.807) is 30.5 Å². The number of sulfonamides is 1. The van der Waals surface area contributed by atoms with Gasteiger partial charge in [0.15, 0.2) is 0 Å². The second-order valence-corrected chi connectivity index (χ2v) is 9.33. The lowest BCUT2D eigenvalue weighted by atomic mass is 10.2. The van der Waals surface area contributed by atoms with Crippen molar-refractivity contribution in [3.05, 3.63) is 82.5 Å². The van der Waals surface area contributed by atoms with E-state index < -0.39 is 10.0 Å². The van der Waals surface area contributed by atoms with Crippen LogP contribution in [0, 0.1) is 0 Å². The first-order valence-corrected chi connectivity index (χ1v) is 11.3. The fourth-order valence-corrected chi connectivity index (χ4v) is 4.10. The largest absolute Gasteiger partial charge is 0.348 e. The van der Waals surface area contributed by atoms with Crippen molar-refractivity contribution in [2.24, 2.45) is 5.14 Å². The lowest BCUT2D eigenvalue weighted by molar-refractivity contribution is 0.0947. The van der Waals surface area contributed by atoms with E-state index in [0.717, 1.165) is 9.37 Å². The molecule has 0 atom stereocenters. The molecule has 0 radical (unpaired) electrons. The van der Waals surface area contributed by atoms with Gasteiger partial charge in [0, 0.05) is 22.1 Å². The highest BCUT2D eigenvalue weighted by Gasteiger charge is 2.14. The molecule has 3 N–H and O–H groups in total. The topological polar surface area (TPSA) is 102 Å². The van der Waals surface area contributed by atoms with Crippen LogP contribution < -0.4 is 10.5 Å². The summed E-state index contributed by atoms with van der Waals surface area (Å²) in [5.74, 6) is -0.297. The number of hydrogen-bond donors (Lipinski definition) is 2. The number of halogens is 1. The molecule has 1 aromatic heterocycles. The van der Waals surface area contributed by atoms with Gasteiger partial charge in [-0.1, -0.05) is 39.8 Å². The van der Waals surface area contributed by atoms with Crippen LogP contribution in [0.25, 0.3) is 0 Å². The summed E-state index contributed by atoms with van der Waals surface area (Å²) in [5, 5.41) is 8.52. The predicted octanol–water partition coefficient (Wildman–Crippen LogP) is 3.57. The summed E-state index contributed by atoms with van der Waals surface area (Å²) in [6, 6.07) is 17.3. The van der Waals surface area contributed by atoms with Gasteiger partial charge in [0.05, 0.1) is 10.5 Å². The summed E-state index contributed by atoms with van der Waals surface area (Å²) in [4.78, 5) is 17.9. The van der Waals surface area contributed by atoms with Crippen molar-refractivity contribution >= 4 is 43.6 Å². The first-order chi connectivity index (χ1) is 13.3. The van der Waals surface area contributed by atoms with E-state index >= 15 is 0 Å². The molecule has 0 saturated heterocycles. The third-order valence-corrected chi connectivity index (χ3v) is 6.19. The van der Waals surface area contributed by atoms with Crippen LogP contribution in [0.5, 0.6) is 0 Å². The zero-order chi connectivity index (χ0) is 20.1. The van der Waals surface area contributed by atoms with E-state index in [1.165, 1.54) is 23.9 Å². The lowest BCUT2D eigenvalue weighted by Gasteiger charge is -2.10. The zero-order valence-corrected chi connectivity index (χ0v) is 17.7. The molecule has 3 rings (SSSR count). The predicted molar refractivity (Wildman–Crippen MR) is 111 cm³/mol. The van der Waals surface area contributed by atoms with Gasteiger partial charge in [0.1, 0.15) is 5.03 Å². The Labute approximate surface area is 175 Å². The first kappa shape index (κ1) is 20.5. The molecule has 0 aliphatic rings. The molecular weight excluding hydrogens is 462 g/mol. The Kier molecular flexibility index (Phi) is 6.50. The number of nitrogens with two attached hydrogens (primary N) is 1. The lowest BCUT2D eigenvalue weighted by Crippen LogP contribution is -2.24. The Balaban J connectivity index is 1.74. The van der Waals surface area contributed by atoms with Crippen molar-refractivity contribution in [1.82, 2.24) is 10.3 Å². The number of nitrogens with zero attached hydrogens (tertiary/aromatic N) is 1. The highest BCUT2D eigenvalue weighted by molar-refractivity contribution is 9.10. The molecule has 6 nitrogen and oxygen atoms in total. The van der Waals surface area contributed by atoms with E-state index in [2.05, 4.69) is 26.2 Å². The number of amides is 1. The molecule has 28 heavy (non-hydrogen) atoms. The number of aromatic nitrogens is 1. The normalized spacial score (nSPS) is 11.2. The standard InChI is InChI=1S/C19H16BrN3O3S2/c20-14-6-8-15(9-7-14)27-19-17(5-2-10-22-19)18(24)23-12-13-3-1-4-16(11-13)28(21,25)26/h1-11H,12H2,(H,23,24)(H2,21,25,26). The van der Waals surface area contributed by atoms with Gasteiger partial charge in [-0.25, -0.2) is 18.5 Å². The zero-order valence-electron chi connectivity index (χ0n) is 14.5. The summed E-state index contributed by atoms with van der Waals surface area (Å²) >= 11 is 4.78. The summed E-state index contributed by atoms with van der Waals surface area (Å²) in [6.07, 6.45) is 1.63. The van der Waals surface area contributed by atoms with E-state index in [1.807, 2.05) is 24.3 Å². The Morgan fingerprint density at radius 1 is 1.11 bits per heavy atom. The van der Waals surface area contributed by atoms with Gasteiger partial charge in [-0.15, -0.1) is 0 Å². The number of nitrogens with one attached hydrogen (secondary N) is 1. The van der Waals surface area contributed by atoms with Gasteiger partial charge in [0.25, 0.3) is 5.91 Å². The van der Waals surface area contributed by atoms with Crippen LogP contribution in [0.3, 0.4) is 0 Å². The fourth-order valence-electron chi connectivity index (χ4n) is 2.37. The van der Waals surface area contributed by atoms with Gasteiger partial charge in [0.2, 0.25) is 10.0 Å². The average Bonchev–Trinajstić information content (AvgIpc) is 2.68. The van der Waals surface area contributed by atoms with Crippen molar-refractivity contribution in [2.75, 3.05) is 0 Å². The minimum Gasteiger partial charge on any atom is -0.348 e. The second-order valence-electron chi connectivity index (χ2n) is 5.79. The van der Waals surface area contributed by atoms with E-state index in [0.29, 0.717) is 16.2 Å². The molecule has 2 aromatic carbocycles. The van der Waals surface area contributed by atoms with E-state index in [4.69, 9.17) is 5.14 Å². The molecule has 1 amide bonds. The molecule has 0 aliphatic carbocycles. The van der Waals surface area contributed by atoms with E-state index in [9.17, 15) is 13.2 Å². The number of benzene rings is 2. The minimum absolute atomic E-state index is 0.00658. The minimum atomic E-state index is -3.79. The molecule has 0 bridgehead atoms. The van der Waals surface area contributed by atoms with Gasteiger partial charge >= 0.3 is 0 Å². The quantitative estimate of drug-likeness (QED) is 0.564. The molecule has 0 unspecified atom stereocenters. The molecule has 0 saturated carbocycles. The highest BCUT2D eigenvalue weighted by Crippen LogP contribution is 2.29. The van der Waals surface area contributed by atoms with Crippen molar-refractivity contribution in [3.8, 4) is 0 Å². The smallest absolute Gasteiger partial charge is 0.254 e. The van der Waals surface area contributed by atoms with Crippen molar-refractivity contribution < 1.29 is 13.2 Å². The molecule has 1 heterocycles. The Bertz CT molecular complexity index is 1100. The summed E-state index contributed by atoms with van der Waals surface area (Å²) in [6.45, 7) is 0.166. The van der Waals surface area contributed by atoms with Gasteiger partial charge in [-0.05, 0) is 54.1 Å². The van der Waals surface area contributed by atoms with Crippen LogP contribution in [0.1, 0.15) is 15.9 Å². The number of rotatable bonds is 6. The number of primary sulfonamides is 1. The molecule has 3 aromatic rings. The molecule has 0 spiro atoms. The Hall–Kier alpha value is -2.20. The molecular formula is C19H16BrN3O3S2. The third kappa shape index (κ3) is 5.41. The van der Waals surface area contributed by atoms with Crippen LogP contribution in [0.15, 0.2) is 86.2 Å². The van der Waals surface area contributed by atoms with Crippen LogP contribution in [0.2, 0.25) is 0 Å². The van der Waals surface area contributed by atoms with Crippen LogP contribution >= 0.6 is 27.7 Å². The molecule has 144 valence electrons. The van der Waals surface area contributed by atoms with Crippen molar-refractivity contribution in [2.45, 2.75) is 21.4 Å². The van der Waals surface area contributed by atoms with Crippen molar-refractivity contribution in [1.29, 1.82) is 0 Å². The Morgan fingerprint density at radius 3 is 2.57 bits per heavy atom. The third-order valence-electron chi connectivity index (χ3n) is 3.72. The second kappa shape index (κ2) is 8.87. The number of pyridine rings is 1. The number of carbonyl (C=O) groups excluding carboxylic acids is 1. The van der Waals surface area contributed by atoms with Crippen LogP contribution in [-0.2, 0) is 16.6 Å². The monoisotopic (exact) mass is 477 g/mol. The number of carbonyl (C=O) groups is 1. The number of hydrogen-bond acceptors (Lipinski definition) is 5. The maximum absolute atomic E-state index is 12.7. The van der Waals surface area contributed by atoms with Gasteiger partial charge < -0.3 is 5.32 Å². The maximum atomic E-state index is 12.7. The fraction of sp³-hybridized carbons (Fsp3) is 0.0526.